The molecule has 1 rings (SSSR count). The molecule has 1 unspecified atom stereocenters. The molecule has 0 aromatic carbocycles. The second kappa shape index (κ2) is 3.53. The highest BCUT2D eigenvalue weighted by Crippen LogP contribution is 2.09. The first-order valence-corrected chi connectivity index (χ1v) is 3.38. The summed E-state index contributed by atoms with van der Waals surface area (Å²) in [6, 6.07) is 0. The molecule has 0 aliphatic carbocycles. The highest BCUT2D eigenvalue weighted by atomic mass is 17.2. The minimum absolute atomic E-state index is 0.443. The Labute approximate surface area is 59.2 Å². The molecule has 0 aromatic rings. The lowest BCUT2D eigenvalue weighted by Crippen LogP contribution is -2.30. The Morgan fingerprint density at radius 1 is 1.50 bits per heavy atom. The molecular weight excluding hydrogens is 134 g/mol. The summed E-state index contributed by atoms with van der Waals surface area (Å²) in [7, 11) is 0. The van der Waals surface area contributed by atoms with Crippen LogP contribution >= 0.6 is 0 Å². The maximum Gasteiger partial charge on any atom is 0.249 e. The van der Waals surface area contributed by atoms with Crippen molar-refractivity contribution in [1.29, 1.82) is 0 Å². The van der Waals surface area contributed by atoms with Gasteiger partial charge < -0.3 is 5.73 Å². The fraction of sp³-hybridized carbons (Fsp3) is 0.833. The smallest absolute Gasteiger partial charge is 0.249 e. The summed E-state index contributed by atoms with van der Waals surface area (Å²) in [5.74, 6) is -0.443. The molecule has 1 atom stereocenters. The fourth-order valence-electron chi connectivity index (χ4n) is 0.859. The van der Waals surface area contributed by atoms with Gasteiger partial charge in [-0.15, -0.1) is 0 Å². The van der Waals surface area contributed by atoms with Crippen LogP contribution in [0.4, 0.5) is 0 Å². The summed E-state index contributed by atoms with van der Waals surface area (Å²) in [6.07, 6.45) is 2.01. The largest absolute Gasteiger partial charge is 0.367 e. The first-order chi connectivity index (χ1) is 4.80. The van der Waals surface area contributed by atoms with Crippen LogP contribution in [0.1, 0.15) is 19.3 Å². The van der Waals surface area contributed by atoms with E-state index in [2.05, 4.69) is 9.78 Å². The fourth-order valence-corrected chi connectivity index (χ4v) is 0.859. The number of amides is 1. The number of primary amides is 1. The third-order valence-corrected chi connectivity index (χ3v) is 1.45. The third kappa shape index (κ3) is 1.97. The molecule has 1 amide bonds. The molecule has 4 nitrogen and oxygen atoms in total. The molecule has 1 aliphatic heterocycles. The number of hydrogen-bond acceptors (Lipinski definition) is 3. The standard InChI is InChI=1S/C6H11NO3/c7-6(8)5-3-1-2-4-9-10-5/h5H,1-4H2,(H2,7,8). The molecule has 0 bridgehead atoms. The monoisotopic (exact) mass is 145 g/mol. The molecule has 0 radical (unpaired) electrons. The predicted octanol–water partition coefficient (Wildman–Crippen LogP) is -0.0276. The van der Waals surface area contributed by atoms with E-state index in [9.17, 15) is 4.79 Å². The second-order valence-electron chi connectivity index (χ2n) is 2.30. The Hall–Kier alpha value is -0.610. The number of carbonyl (C=O) groups excluding carboxylic acids is 1. The van der Waals surface area contributed by atoms with Crippen LogP contribution in [0.5, 0.6) is 0 Å². The van der Waals surface area contributed by atoms with Crippen molar-refractivity contribution in [1.82, 2.24) is 0 Å². The molecule has 4 heteroatoms. The van der Waals surface area contributed by atoms with E-state index in [4.69, 9.17) is 5.73 Å². The van der Waals surface area contributed by atoms with Gasteiger partial charge in [0.2, 0.25) is 5.91 Å². The zero-order chi connectivity index (χ0) is 7.40. The molecule has 1 heterocycles. The molecule has 1 aliphatic rings. The summed E-state index contributed by atoms with van der Waals surface area (Å²) in [5.41, 5.74) is 4.99. The molecule has 1 fully saturated rings. The van der Waals surface area contributed by atoms with E-state index in [0.717, 1.165) is 12.8 Å². The van der Waals surface area contributed by atoms with Gasteiger partial charge in [0.05, 0.1) is 6.61 Å². The number of nitrogens with two attached hydrogens (primary N) is 1. The molecule has 0 saturated carbocycles. The molecule has 1 saturated heterocycles. The normalized spacial score (nSPS) is 27.4. The van der Waals surface area contributed by atoms with Crippen LogP contribution in [0.25, 0.3) is 0 Å². The highest BCUT2D eigenvalue weighted by molar-refractivity contribution is 5.78. The summed E-state index contributed by atoms with van der Waals surface area (Å²) in [5, 5.41) is 0. The van der Waals surface area contributed by atoms with Gasteiger partial charge in [-0.25, -0.2) is 9.78 Å². The van der Waals surface area contributed by atoms with E-state index < -0.39 is 12.0 Å². The Morgan fingerprint density at radius 3 is 3.00 bits per heavy atom. The van der Waals surface area contributed by atoms with Crippen molar-refractivity contribution >= 4 is 5.91 Å². The average molecular weight is 145 g/mol. The molecule has 0 spiro atoms. The SMILES string of the molecule is NC(=O)C1CCCCOO1. The van der Waals surface area contributed by atoms with Gasteiger partial charge in [0, 0.05) is 0 Å². The Kier molecular flexibility index (Phi) is 2.65. The van der Waals surface area contributed by atoms with E-state index in [-0.39, 0.29) is 0 Å². The van der Waals surface area contributed by atoms with Crippen LogP contribution in [0.2, 0.25) is 0 Å². The second-order valence-corrected chi connectivity index (χ2v) is 2.30. The van der Waals surface area contributed by atoms with Gasteiger partial charge in [-0.05, 0) is 19.3 Å². The number of hydrogen-bond donors (Lipinski definition) is 1. The molecule has 2 N–H and O–H groups in total. The lowest BCUT2D eigenvalue weighted by Gasteiger charge is -2.06. The van der Waals surface area contributed by atoms with Crippen molar-refractivity contribution in [2.75, 3.05) is 6.61 Å². The van der Waals surface area contributed by atoms with Crippen molar-refractivity contribution in [3.8, 4) is 0 Å². The van der Waals surface area contributed by atoms with Gasteiger partial charge in [-0.3, -0.25) is 4.79 Å². The van der Waals surface area contributed by atoms with Crippen LogP contribution in [-0.2, 0) is 14.6 Å². The van der Waals surface area contributed by atoms with Crippen LogP contribution in [0, 0.1) is 0 Å². The van der Waals surface area contributed by atoms with E-state index in [1.165, 1.54) is 0 Å². The van der Waals surface area contributed by atoms with Crippen LogP contribution < -0.4 is 5.73 Å². The van der Waals surface area contributed by atoms with Crippen molar-refractivity contribution in [3.63, 3.8) is 0 Å². The summed E-state index contributed by atoms with van der Waals surface area (Å²) in [4.78, 5) is 19.9. The number of rotatable bonds is 1. The van der Waals surface area contributed by atoms with E-state index >= 15 is 0 Å². The van der Waals surface area contributed by atoms with E-state index in [1.807, 2.05) is 0 Å². The Bertz CT molecular complexity index is 118. The van der Waals surface area contributed by atoms with Crippen molar-refractivity contribution < 1.29 is 14.6 Å². The van der Waals surface area contributed by atoms with Gasteiger partial charge in [0.25, 0.3) is 0 Å². The number of carbonyl (C=O) groups is 1. The zero-order valence-corrected chi connectivity index (χ0v) is 5.71. The Balaban J connectivity index is 2.35. The lowest BCUT2D eigenvalue weighted by molar-refractivity contribution is -0.309. The topological polar surface area (TPSA) is 61.6 Å². The van der Waals surface area contributed by atoms with Gasteiger partial charge in [0.1, 0.15) is 0 Å². The molecule has 0 aromatic heterocycles. The lowest BCUT2D eigenvalue weighted by atomic mass is 10.1. The average Bonchev–Trinajstić information content (AvgIpc) is 2.12. The minimum Gasteiger partial charge on any atom is -0.367 e. The van der Waals surface area contributed by atoms with Crippen LogP contribution in [0.15, 0.2) is 0 Å². The predicted molar refractivity (Wildman–Crippen MR) is 33.9 cm³/mol. The van der Waals surface area contributed by atoms with Crippen LogP contribution in [-0.4, -0.2) is 18.6 Å². The summed E-state index contributed by atoms with van der Waals surface area (Å²) < 4.78 is 0. The quantitative estimate of drug-likeness (QED) is 0.527. The summed E-state index contributed by atoms with van der Waals surface area (Å²) in [6.45, 7) is 0.559. The zero-order valence-electron chi connectivity index (χ0n) is 5.71. The van der Waals surface area contributed by atoms with Crippen LogP contribution in [0.3, 0.4) is 0 Å². The molecule has 58 valence electrons. The van der Waals surface area contributed by atoms with Crippen molar-refractivity contribution in [3.05, 3.63) is 0 Å². The molecular formula is C6H11NO3. The van der Waals surface area contributed by atoms with Gasteiger partial charge in [-0.1, -0.05) is 0 Å². The first kappa shape index (κ1) is 7.50. The highest BCUT2D eigenvalue weighted by Gasteiger charge is 2.18. The molecule has 10 heavy (non-hydrogen) atoms. The maximum absolute atomic E-state index is 10.5. The van der Waals surface area contributed by atoms with E-state index in [1.54, 1.807) is 0 Å². The van der Waals surface area contributed by atoms with E-state index in [0.29, 0.717) is 13.0 Å². The first-order valence-electron chi connectivity index (χ1n) is 3.38. The van der Waals surface area contributed by atoms with Gasteiger partial charge in [-0.2, -0.15) is 0 Å². The Morgan fingerprint density at radius 2 is 2.30 bits per heavy atom. The maximum atomic E-state index is 10.5. The van der Waals surface area contributed by atoms with Crippen molar-refractivity contribution in [2.24, 2.45) is 5.73 Å². The minimum atomic E-state index is -0.539. The van der Waals surface area contributed by atoms with Gasteiger partial charge >= 0.3 is 0 Å². The summed E-state index contributed by atoms with van der Waals surface area (Å²) >= 11 is 0. The third-order valence-electron chi connectivity index (χ3n) is 1.45. The van der Waals surface area contributed by atoms with Gasteiger partial charge in [0.15, 0.2) is 6.10 Å². The van der Waals surface area contributed by atoms with Crippen molar-refractivity contribution in [2.45, 2.75) is 25.4 Å².